The fraction of sp³-hybridized carbons (Fsp3) is 0.692. The van der Waals surface area contributed by atoms with Gasteiger partial charge in [-0.05, 0) is 25.8 Å². The molecule has 1 N–H and O–H groups in total. The van der Waals surface area contributed by atoms with Crippen molar-refractivity contribution in [2.45, 2.75) is 46.3 Å². The molecule has 0 amide bonds. The second-order valence-corrected chi connectivity index (χ2v) is 4.72. The van der Waals surface area contributed by atoms with Crippen molar-refractivity contribution >= 4 is 5.97 Å². The highest BCUT2D eigenvalue weighted by Gasteiger charge is 2.21. The molecular weight excluding hydrogens is 230 g/mol. The van der Waals surface area contributed by atoms with Crippen LogP contribution in [-0.2, 0) is 16.1 Å². The molecule has 18 heavy (non-hydrogen) atoms. The van der Waals surface area contributed by atoms with Crippen molar-refractivity contribution in [2.75, 3.05) is 6.61 Å². The summed E-state index contributed by atoms with van der Waals surface area (Å²) in [4.78, 5) is 11.6. The average molecular weight is 253 g/mol. The third kappa shape index (κ3) is 4.49. The summed E-state index contributed by atoms with van der Waals surface area (Å²) in [5, 5.41) is 7.49. The van der Waals surface area contributed by atoms with Crippen molar-refractivity contribution in [3.8, 4) is 0 Å². The van der Waals surface area contributed by atoms with E-state index in [1.807, 2.05) is 30.8 Å². The number of hydrogen-bond donors (Lipinski definition) is 1. The largest absolute Gasteiger partial charge is 0.465 e. The van der Waals surface area contributed by atoms with Crippen LogP contribution in [0.25, 0.3) is 0 Å². The number of ether oxygens (including phenoxy) is 1. The first-order chi connectivity index (χ1) is 8.54. The van der Waals surface area contributed by atoms with Crippen LogP contribution in [0.1, 0.15) is 27.7 Å². The van der Waals surface area contributed by atoms with Gasteiger partial charge >= 0.3 is 5.97 Å². The maximum Gasteiger partial charge on any atom is 0.322 e. The van der Waals surface area contributed by atoms with Crippen molar-refractivity contribution in [3.05, 3.63) is 18.5 Å². The quantitative estimate of drug-likeness (QED) is 0.747. The third-order valence-corrected chi connectivity index (χ3v) is 2.85. The number of carbonyl (C=O) groups is 1. The average Bonchev–Trinajstić information content (AvgIpc) is 2.81. The molecule has 102 valence electrons. The first-order valence-corrected chi connectivity index (χ1v) is 6.44. The van der Waals surface area contributed by atoms with Gasteiger partial charge in [0.1, 0.15) is 6.04 Å². The predicted molar refractivity (Wildman–Crippen MR) is 70.1 cm³/mol. The van der Waals surface area contributed by atoms with Crippen molar-refractivity contribution in [1.82, 2.24) is 15.1 Å². The lowest BCUT2D eigenvalue weighted by Crippen LogP contribution is -2.46. The van der Waals surface area contributed by atoms with E-state index >= 15 is 0 Å². The summed E-state index contributed by atoms with van der Waals surface area (Å²) in [7, 11) is 0. The predicted octanol–water partition coefficient (Wildman–Crippen LogP) is 1.45. The van der Waals surface area contributed by atoms with E-state index in [2.05, 4.69) is 24.3 Å². The Morgan fingerprint density at radius 1 is 1.44 bits per heavy atom. The van der Waals surface area contributed by atoms with E-state index in [0.29, 0.717) is 12.5 Å². The lowest BCUT2D eigenvalue weighted by Gasteiger charge is -2.25. The second kappa shape index (κ2) is 7.16. The Bertz CT molecular complexity index is 349. The Balaban J connectivity index is 2.55. The molecular formula is C13H23N3O2. The minimum atomic E-state index is -0.298. The van der Waals surface area contributed by atoms with E-state index in [4.69, 9.17) is 4.74 Å². The van der Waals surface area contributed by atoms with E-state index in [-0.39, 0.29) is 18.1 Å². The highest BCUT2D eigenvalue weighted by atomic mass is 16.5. The summed E-state index contributed by atoms with van der Waals surface area (Å²) in [6.45, 7) is 9.05. The SMILES string of the molecule is CCOC(=O)C(C)NC(Cn1cccn1)C(C)C. The number of nitrogens with zero attached hydrogens (tertiary/aromatic N) is 2. The number of esters is 1. The van der Waals surface area contributed by atoms with Gasteiger partial charge in [0.2, 0.25) is 0 Å². The molecule has 0 radical (unpaired) electrons. The molecule has 1 aromatic heterocycles. The zero-order valence-corrected chi connectivity index (χ0v) is 11.6. The highest BCUT2D eigenvalue weighted by molar-refractivity contribution is 5.75. The van der Waals surface area contributed by atoms with E-state index in [9.17, 15) is 4.79 Å². The Morgan fingerprint density at radius 2 is 2.17 bits per heavy atom. The molecule has 0 fully saturated rings. The molecule has 0 bridgehead atoms. The van der Waals surface area contributed by atoms with E-state index in [0.717, 1.165) is 6.54 Å². The van der Waals surface area contributed by atoms with Crippen molar-refractivity contribution in [2.24, 2.45) is 5.92 Å². The van der Waals surface area contributed by atoms with Gasteiger partial charge in [-0.2, -0.15) is 5.10 Å². The Hall–Kier alpha value is -1.36. The third-order valence-electron chi connectivity index (χ3n) is 2.85. The van der Waals surface area contributed by atoms with Gasteiger partial charge in [0.05, 0.1) is 13.2 Å². The van der Waals surface area contributed by atoms with E-state index in [1.165, 1.54) is 0 Å². The van der Waals surface area contributed by atoms with Crippen LogP contribution >= 0.6 is 0 Å². The van der Waals surface area contributed by atoms with Gasteiger partial charge in [-0.1, -0.05) is 13.8 Å². The topological polar surface area (TPSA) is 56.1 Å². The van der Waals surface area contributed by atoms with Gasteiger partial charge in [0, 0.05) is 18.4 Å². The zero-order valence-electron chi connectivity index (χ0n) is 11.6. The molecule has 0 spiro atoms. The standard InChI is InChI=1S/C13H23N3O2/c1-5-18-13(17)11(4)15-12(10(2)3)9-16-8-6-7-14-16/h6-8,10-12,15H,5,9H2,1-4H3. The lowest BCUT2D eigenvalue weighted by atomic mass is 10.0. The highest BCUT2D eigenvalue weighted by Crippen LogP contribution is 2.06. The summed E-state index contributed by atoms with van der Waals surface area (Å²) in [5.74, 6) is 0.203. The molecule has 2 unspecified atom stereocenters. The molecule has 2 atom stereocenters. The molecule has 5 nitrogen and oxygen atoms in total. The van der Waals surface area contributed by atoms with Crippen LogP contribution in [-0.4, -0.2) is 34.4 Å². The molecule has 1 heterocycles. The molecule has 1 aromatic rings. The van der Waals surface area contributed by atoms with Crippen molar-refractivity contribution in [1.29, 1.82) is 0 Å². The van der Waals surface area contributed by atoms with Crippen LogP contribution < -0.4 is 5.32 Å². The van der Waals surface area contributed by atoms with Crippen LogP contribution in [0.3, 0.4) is 0 Å². The smallest absolute Gasteiger partial charge is 0.322 e. The van der Waals surface area contributed by atoms with Crippen molar-refractivity contribution < 1.29 is 9.53 Å². The summed E-state index contributed by atoms with van der Waals surface area (Å²) in [5.41, 5.74) is 0. The minimum absolute atomic E-state index is 0.185. The van der Waals surface area contributed by atoms with Crippen LogP contribution in [0.2, 0.25) is 0 Å². The molecule has 0 aliphatic rings. The lowest BCUT2D eigenvalue weighted by molar-refractivity contribution is -0.145. The Kier molecular flexibility index (Phi) is 5.85. The molecule has 0 aliphatic heterocycles. The normalized spacial score (nSPS) is 14.5. The van der Waals surface area contributed by atoms with E-state index < -0.39 is 0 Å². The van der Waals surface area contributed by atoms with Gasteiger partial charge in [0.15, 0.2) is 0 Å². The fourth-order valence-electron chi connectivity index (χ4n) is 1.72. The maximum atomic E-state index is 11.6. The summed E-state index contributed by atoms with van der Waals surface area (Å²) in [6.07, 6.45) is 3.68. The Labute approximate surface area is 109 Å². The Morgan fingerprint density at radius 3 is 2.67 bits per heavy atom. The second-order valence-electron chi connectivity index (χ2n) is 4.72. The van der Waals surface area contributed by atoms with Crippen LogP contribution in [0.15, 0.2) is 18.5 Å². The number of aromatic nitrogens is 2. The monoisotopic (exact) mass is 253 g/mol. The number of nitrogens with one attached hydrogen (secondary N) is 1. The number of rotatable bonds is 7. The summed E-state index contributed by atoms with van der Waals surface area (Å²) in [6, 6.07) is 1.78. The van der Waals surface area contributed by atoms with Gasteiger partial charge < -0.3 is 4.74 Å². The molecule has 0 saturated heterocycles. The number of carbonyl (C=O) groups excluding carboxylic acids is 1. The molecule has 0 saturated carbocycles. The minimum Gasteiger partial charge on any atom is -0.465 e. The van der Waals surface area contributed by atoms with E-state index in [1.54, 1.807) is 6.20 Å². The maximum absolute atomic E-state index is 11.6. The number of hydrogen-bond acceptors (Lipinski definition) is 4. The first kappa shape index (κ1) is 14.7. The van der Waals surface area contributed by atoms with Crippen LogP contribution in [0.5, 0.6) is 0 Å². The van der Waals surface area contributed by atoms with Gasteiger partial charge in [0.25, 0.3) is 0 Å². The van der Waals surface area contributed by atoms with Crippen LogP contribution in [0, 0.1) is 5.92 Å². The van der Waals surface area contributed by atoms with Crippen LogP contribution in [0.4, 0.5) is 0 Å². The fourth-order valence-corrected chi connectivity index (χ4v) is 1.72. The van der Waals surface area contributed by atoms with Gasteiger partial charge in [-0.3, -0.25) is 14.8 Å². The summed E-state index contributed by atoms with van der Waals surface area (Å²) < 4.78 is 6.87. The van der Waals surface area contributed by atoms with Gasteiger partial charge in [-0.15, -0.1) is 0 Å². The molecule has 5 heteroatoms. The molecule has 1 rings (SSSR count). The zero-order chi connectivity index (χ0) is 13.5. The molecule has 0 aliphatic carbocycles. The molecule has 0 aromatic carbocycles. The van der Waals surface area contributed by atoms with Crippen molar-refractivity contribution in [3.63, 3.8) is 0 Å². The first-order valence-electron chi connectivity index (χ1n) is 6.44. The summed E-state index contributed by atoms with van der Waals surface area (Å²) >= 11 is 0. The van der Waals surface area contributed by atoms with Gasteiger partial charge in [-0.25, -0.2) is 0 Å².